The molecule has 1 fully saturated rings. The van der Waals surface area contributed by atoms with Crippen molar-refractivity contribution >= 4 is 17.5 Å². The van der Waals surface area contributed by atoms with E-state index in [0.717, 1.165) is 17.9 Å². The highest BCUT2D eigenvalue weighted by Crippen LogP contribution is 2.37. The molecule has 0 saturated heterocycles. The summed E-state index contributed by atoms with van der Waals surface area (Å²) in [5.41, 5.74) is 6.18. The van der Waals surface area contributed by atoms with E-state index in [-0.39, 0.29) is 5.91 Å². The molecular weight excluding hydrogens is 260 g/mol. The van der Waals surface area contributed by atoms with Gasteiger partial charge >= 0.3 is 0 Å². The van der Waals surface area contributed by atoms with Crippen LogP contribution in [-0.4, -0.2) is 18.5 Å². The molecule has 1 aromatic rings. The monoisotopic (exact) mass is 280 g/mol. The molecule has 3 nitrogen and oxygen atoms in total. The first kappa shape index (κ1) is 14.4. The Hall–Kier alpha value is -1.06. The molecule has 0 unspecified atom stereocenters. The fourth-order valence-corrected chi connectivity index (χ4v) is 2.50. The maximum Gasteiger partial charge on any atom is 0.224 e. The number of nitrogens with two attached hydrogens (primary N) is 1. The minimum Gasteiger partial charge on any atom is -0.369 e. The van der Waals surface area contributed by atoms with Crippen LogP contribution in [0.4, 0.5) is 0 Å². The van der Waals surface area contributed by atoms with E-state index in [1.165, 1.54) is 5.56 Å². The number of benzene rings is 1. The van der Waals surface area contributed by atoms with E-state index in [0.29, 0.717) is 18.5 Å². The van der Waals surface area contributed by atoms with E-state index in [2.05, 4.69) is 11.4 Å². The van der Waals surface area contributed by atoms with E-state index < -0.39 is 5.41 Å². The van der Waals surface area contributed by atoms with Crippen molar-refractivity contribution in [1.82, 2.24) is 5.32 Å². The highest BCUT2D eigenvalue weighted by Gasteiger charge is 2.32. The second kappa shape index (κ2) is 5.51. The summed E-state index contributed by atoms with van der Waals surface area (Å²) in [6, 6.07) is 8.53. The molecule has 0 heterocycles. The molecule has 0 aromatic heterocycles. The first-order chi connectivity index (χ1) is 8.88. The van der Waals surface area contributed by atoms with Crippen molar-refractivity contribution in [2.75, 3.05) is 6.54 Å². The molecule has 0 radical (unpaired) electrons. The van der Waals surface area contributed by atoms with Crippen LogP contribution in [0.2, 0.25) is 5.02 Å². The lowest BCUT2D eigenvalue weighted by Crippen LogP contribution is -2.47. The summed E-state index contributed by atoms with van der Waals surface area (Å²) in [6.45, 7) is 4.38. The Morgan fingerprint density at radius 2 is 2.16 bits per heavy atom. The smallest absolute Gasteiger partial charge is 0.224 e. The minimum absolute atomic E-state index is 0.259. The number of hydrogen-bond donors (Lipinski definition) is 2. The normalized spacial score (nSPS) is 22.9. The Morgan fingerprint density at radius 1 is 1.47 bits per heavy atom. The molecule has 0 aliphatic heterocycles. The predicted molar refractivity (Wildman–Crippen MR) is 78.2 cm³/mol. The van der Waals surface area contributed by atoms with Gasteiger partial charge in [-0.25, -0.2) is 0 Å². The maximum atomic E-state index is 11.2. The van der Waals surface area contributed by atoms with Crippen molar-refractivity contribution in [2.45, 2.75) is 38.6 Å². The van der Waals surface area contributed by atoms with Gasteiger partial charge in [-0.3, -0.25) is 4.79 Å². The van der Waals surface area contributed by atoms with Gasteiger partial charge in [0.05, 0.1) is 5.41 Å². The topological polar surface area (TPSA) is 55.1 Å². The Balaban J connectivity index is 1.79. The van der Waals surface area contributed by atoms with E-state index in [9.17, 15) is 4.79 Å². The van der Waals surface area contributed by atoms with Gasteiger partial charge in [0.25, 0.3) is 0 Å². The van der Waals surface area contributed by atoms with E-state index in [1.54, 1.807) is 0 Å². The number of nitrogens with one attached hydrogen (secondary N) is 1. The fraction of sp³-hybridized carbons (Fsp3) is 0.533. The van der Waals surface area contributed by atoms with Gasteiger partial charge < -0.3 is 11.1 Å². The van der Waals surface area contributed by atoms with Gasteiger partial charge in [0, 0.05) is 17.6 Å². The summed E-state index contributed by atoms with van der Waals surface area (Å²) in [6.07, 6.45) is 2.18. The molecule has 0 bridgehead atoms. The molecule has 4 heteroatoms. The Morgan fingerprint density at radius 3 is 2.74 bits per heavy atom. The van der Waals surface area contributed by atoms with Crippen LogP contribution in [0.1, 0.15) is 38.2 Å². The summed E-state index contributed by atoms with van der Waals surface area (Å²) >= 11 is 6.00. The average Bonchev–Trinajstić information content (AvgIpc) is 2.26. The van der Waals surface area contributed by atoms with Crippen LogP contribution in [0.25, 0.3) is 0 Å². The molecule has 1 aliphatic rings. The largest absolute Gasteiger partial charge is 0.369 e. The number of carbonyl (C=O) groups excluding carboxylic acids is 1. The van der Waals surface area contributed by atoms with Crippen LogP contribution in [0.15, 0.2) is 24.3 Å². The molecule has 1 aromatic carbocycles. The fourth-order valence-electron chi connectivity index (χ4n) is 2.30. The van der Waals surface area contributed by atoms with Gasteiger partial charge in [0.2, 0.25) is 5.91 Å². The molecule has 0 atom stereocenters. The van der Waals surface area contributed by atoms with Crippen molar-refractivity contribution in [3.8, 4) is 0 Å². The second-order valence-corrected chi connectivity index (χ2v) is 6.49. The van der Waals surface area contributed by atoms with Crippen molar-refractivity contribution in [3.63, 3.8) is 0 Å². The van der Waals surface area contributed by atoms with Gasteiger partial charge in [-0.15, -0.1) is 0 Å². The van der Waals surface area contributed by atoms with Crippen LogP contribution < -0.4 is 11.1 Å². The molecule has 1 amide bonds. The number of primary amides is 1. The zero-order chi connectivity index (χ0) is 14.0. The SMILES string of the molecule is CC(C)(CNC1CC(c2cccc(Cl)c2)C1)C(N)=O. The van der Waals surface area contributed by atoms with Gasteiger partial charge in [0.1, 0.15) is 0 Å². The number of rotatable bonds is 5. The Kier molecular flexibility index (Phi) is 4.16. The minimum atomic E-state index is -0.485. The number of carbonyl (C=O) groups is 1. The summed E-state index contributed by atoms with van der Waals surface area (Å²) in [5.74, 6) is 0.318. The lowest BCUT2D eigenvalue weighted by atomic mass is 9.75. The van der Waals surface area contributed by atoms with Gasteiger partial charge in [-0.05, 0) is 50.3 Å². The zero-order valence-corrected chi connectivity index (χ0v) is 12.2. The van der Waals surface area contributed by atoms with Crippen LogP contribution in [0.5, 0.6) is 0 Å². The number of hydrogen-bond acceptors (Lipinski definition) is 2. The summed E-state index contributed by atoms with van der Waals surface area (Å²) in [4.78, 5) is 11.2. The molecule has 0 spiro atoms. The third-order valence-corrected chi connectivity index (χ3v) is 4.19. The first-order valence-corrected chi connectivity index (χ1v) is 7.05. The Bertz CT molecular complexity index is 467. The van der Waals surface area contributed by atoms with Crippen LogP contribution in [0, 0.1) is 5.41 Å². The first-order valence-electron chi connectivity index (χ1n) is 6.67. The predicted octanol–water partition coefficient (Wildman–Crippen LogP) is 2.69. The van der Waals surface area contributed by atoms with Crippen molar-refractivity contribution in [1.29, 1.82) is 0 Å². The highest BCUT2D eigenvalue weighted by atomic mass is 35.5. The summed E-state index contributed by atoms with van der Waals surface area (Å²) < 4.78 is 0. The molecule has 19 heavy (non-hydrogen) atoms. The summed E-state index contributed by atoms with van der Waals surface area (Å²) in [7, 11) is 0. The van der Waals surface area contributed by atoms with E-state index >= 15 is 0 Å². The Labute approximate surface area is 119 Å². The molecule has 2 rings (SSSR count). The number of amides is 1. The highest BCUT2D eigenvalue weighted by molar-refractivity contribution is 6.30. The standard InChI is InChI=1S/C15H21ClN2O/c1-15(2,14(17)19)9-18-13-7-11(8-13)10-4-3-5-12(16)6-10/h3-6,11,13,18H,7-9H2,1-2H3,(H2,17,19). The van der Waals surface area contributed by atoms with E-state index in [1.807, 2.05) is 32.0 Å². The van der Waals surface area contributed by atoms with E-state index in [4.69, 9.17) is 17.3 Å². The number of halogens is 1. The lowest BCUT2D eigenvalue weighted by Gasteiger charge is -2.38. The molecule has 104 valence electrons. The van der Waals surface area contributed by atoms with Crippen molar-refractivity contribution in [3.05, 3.63) is 34.9 Å². The average molecular weight is 281 g/mol. The summed E-state index contributed by atoms with van der Waals surface area (Å²) in [5, 5.41) is 4.22. The van der Waals surface area contributed by atoms with Crippen LogP contribution >= 0.6 is 11.6 Å². The van der Waals surface area contributed by atoms with Gasteiger partial charge in [-0.1, -0.05) is 23.7 Å². The molecular formula is C15H21ClN2O. The quantitative estimate of drug-likeness (QED) is 0.871. The van der Waals surface area contributed by atoms with Crippen LogP contribution in [0.3, 0.4) is 0 Å². The van der Waals surface area contributed by atoms with Crippen LogP contribution in [-0.2, 0) is 4.79 Å². The maximum absolute atomic E-state index is 11.2. The molecule has 1 saturated carbocycles. The molecule has 1 aliphatic carbocycles. The third kappa shape index (κ3) is 3.48. The second-order valence-electron chi connectivity index (χ2n) is 6.05. The third-order valence-electron chi connectivity index (χ3n) is 3.96. The lowest BCUT2D eigenvalue weighted by molar-refractivity contribution is -0.125. The van der Waals surface area contributed by atoms with Crippen molar-refractivity contribution in [2.24, 2.45) is 11.1 Å². The zero-order valence-electron chi connectivity index (χ0n) is 11.4. The molecule has 3 N–H and O–H groups in total. The van der Waals surface area contributed by atoms with Crippen molar-refractivity contribution < 1.29 is 4.79 Å². The van der Waals surface area contributed by atoms with Gasteiger partial charge in [0.15, 0.2) is 0 Å². The van der Waals surface area contributed by atoms with Gasteiger partial charge in [-0.2, -0.15) is 0 Å².